The normalized spacial score (nSPS) is 12.9. The molecular weight excluding hydrogens is 781 g/mol. The Labute approximate surface area is 387 Å². The first-order chi connectivity index (χ1) is 31.0. The van der Waals surface area contributed by atoms with Crippen molar-refractivity contribution >= 4 is 17.9 Å². The minimum absolute atomic E-state index is 0.105. The molecule has 0 bridgehead atoms. The Morgan fingerprint density at radius 3 is 1.02 bits per heavy atom. The van der Waals surface area contributed by atoms with E-state index < -0.39 is 6.10 Å². The predicted octanol–water partition coefficient (Wildman–Crippen LogP) is 17.0. The second-order valence-electron chi connectivity index (χ2n) is 16.7. The highest BCUT2D eigenvalue weighted by Crippen LogP contribution is 2.14. The van der Waals surface area contributed by atoms with Crippen LogP contribution in [0.5, 0.6) is 0 Å². The van der Waals surface area contributed by atoms with Gasteiger partial charge in [0.25, 0.3) is 0 Å². The molecule has 1 atom stereocenters. The van der Waals surface area contributed by atoms with E-state index in [1.54, 1.807) is 0 Å². The van der Waals surface area contributed by atoms with E-state index >= 15 is 0 Å². The van der Waals surface area contributed by atoms with Gasteiger partial charge in [0.05, 0.1) is 0 Å². The van der Waals surface area contributed by atoms with Gasteiger partial charge in [0.1, 0.15) is 13.2 Å². The summed E-state index contributed by atoms with van der Waals surface area (Å²) in [6.07, 6.45) is 66.8. The average Bonchev–Trinajstić information content (AvgIpc) is 3.28. The molecule has 0 radical (unpaired) electrons. The van der Waals surface area contributed by atoms with Crippen LogP contribution in [0.2, 0.25) is 0 Å². The number of rotatable bonds is 45. The van der Waals surface area contributed by atoms with Crippen LogP contribution in [0.25, 0.3) is 0 Å². The van der Waals surface area contributed by atoms with Gasteiger partial charge >= 0.3 is 17.9 Å². The van der Waals surface area contributed by atoms with E-state index in [-0.39, 0.29) is 37.5 Å². The highest BCUT2D eigenvalue weighted by molar-refractivity contribution is 5.71. The monoisotopic (exact) mass is 875 g/mol. The summed E-state index contributed by atoms with van der Waals surface area (Å²) in [5, 5.41) is 0. The van der Waals surface area contributed by atoms with Crippen LogP contribution in [0.4, 0.5) is 0 Å². The number of hydrogen-bond donors (Lipinski definition) is 0. The van der Waals surface area contributed by atoms with Gasteiger partial charge < -0.3 is 14.2 Å². The third kappa shape index (κ3) is 49.2. The van der Waals surface area contributed by atoms with Crippen molar-refractivity contribution in [1.29, 1.82) is 0 Å². The van der Waals surface area contributed by atoms with E-state index in [4.69, 9.17) is 14.2 Å². The standard InChI is InChI=1S/C57H94O6/c1-4-7-10-13-16-19-22-25-27-28-30-33-36-39-42-45-48-51-57(60)63-54(52-61-55(58)49-46-43-40-37-34-31-24-21-18-15-12-9-6-3)53-62-56(59)50-47-44-41-38-35-32-29-26-23-20-17-14-11-8-5-2/h7-8,10-11,16-17,19-20,25-27,29-30,33,39,42,54H,4-6,9,12-15,18,21-24,28,31-32,34-38,40-41,43-53H2,1-3H3/b10-7-,11-8-,19-16-,20-17-,27-25-,29-26-,33-30-,42-39-/t54-/m0/s1. The van der Waals surface area contributed by atoms with E-state index in [2.05, 4.69) is 118 Å². The van der Waals surface area contributed by atoms with Crippen LogP contribution in [0.15, 0.2) is 97.2 Å². The molecule has 0 aromatic heterocycles. The molecule has 0 saturated carbocycles. The second-order valence-corrected chi connectivity index (χ2v) is 16.7. The van der Waals surface area contributed by atoms with Crippen molar-refractivity contribution in [3.63, 3.8) is 0 Å². The fraction of sp³-hybridized carbons (Fsp3) is 0.667. The lowest BCUT2D eigenvalue weighted by Crippen LogP contribution is -2.30. The average molecular weight is 875 g/mol. The lowest BCUT2D eigenvalue weighted by molar-refractivity contribution is -0.167. The summed E-state index contributed by atoms with van der Waals surface area (Å²) in [6, 6.07) is 0. The van der Waals surface area contributed by atoms with E-state index in [9.17, 15) is 14.4 Å². The first-order valence-corrected chi connectivity index (χ1v) is 25.7. The summed E-state index contributed by atoms with van der Waals surface area (Å²) in [5.41, 5.74) is 0. The molecule has 0 fully saturated rings. The molecule has 0 N–H and O–H groups in total. The quantitative estimate of drug-likeness (QED) is 0.0262. The molecule has 0 rings (SSSR count). The van der Waals surface area contributed by atoms with Crippen LogP contribution in [-0.4, -0.2) is 37.2 Å². The van der Waals surface area contributed by atoms with Crippen molar-refractivity contribution in [2.45, 2.75) is 232 Å². The third-order valence-electron chi connectivity index (χ3n) is 10.6. The predicted molar refractivity (Wildman–Crippen MR) is 270 cm³/mol. The van der Waals surface area contributed by atoms with Crippen molar-refractivity contribution in [2.75, 3.05) is 13.2 Å². The molecule has 358 valence electrons. The van der Waals surface area contributed by atoms with Crippen molar-refractivity contribution < 1.29 is 28.6 Å². The molecule has 0 aliphatic heterocycles. The fourth-order valence-corrected chi connectivity index (χ4v) is 6.79. The molecular formula is C57H94O6. The maximum Gasteiger partial charge on any atom is 0.306 e. The third-order valence-corrected chi connectivity index (χ3v) is 10.6. The Morgan fingerprint density at radius 2 is 0.635 bits per heavy atom. The van der Waals surface area contributed by atoms with Gasteiger partial charge in [0.15, 0.2) is 6.10 Å². The van der Waals surface area contributed by atoms with Gasteiger partial charge in [-0.25, -0.2) is 0 Å². The zero-order valence-corrected chi connectivity index (χ0v) is 40.8. The molecule has 0 aliphatic carbocycles. The highest BCUT2D eigenvalue weighted by Gasteiger charge is 2.19. The molecule has 63 heavy (non-hydrogen) atoms. The minimum atomic E-state index is -0.813. The van der Waals surface area contributed by atoms with Crippen molar-refractivity contribution in [3.8, 4) is 0 Å². The zero-order chi connectivity index (χ0) is 45.8. The number of esters is 3. The van der Waals surface area contributed by atoms with Crippen LogP contribution in [0, 0.1) is 0 Å². The van der Waals surface area contributed by atoms with E-state index in [1.807, 2.05) is 0 Å². The number of carbonyl (C=O) groups excluding carboxylic acids is 3. The fourth-order valence-electron chi connectivity index (χ4n) is 6.79. The van der Waals surface area contributed by atoms with Crippen molar-refractivity contribution in [3.05, 3.63) is 97.2 Å². The number of ether oxygens (including phenoxy) is 3. The minimum Gasteiger partial charge on any atom is -0.462 e. The van der Waals surface area contributed by atoms with Crippen LogP contribution in [0.3, 0.4) is 0 Å². The molecule has 0 amide bonds. The molecule has 0 aromatic rings. The van der Waals surface area contributed by atoms with Crippen molar-refractivity contribution in [1.82, 2.24) is 0 Å². The molecule has 0 unspecified atom stereocenters. The summed E-state index contributed by atoms with van der Waals surface area (Å²) >= 11 is 0. The van der Waals surface area contributed by atoms with Gasteiger partial charge in [-0.3, -0.25) is 14.4 Å². The summed E-state index contributed by atoms with van der Waals surface area (Å²) < 4.78 is 16.7. The van der Waals surface area contributed by atoms with Crippen LogP contribution in [0.1, 0.15) is 226 Å². The van der Waals surface area contributed by atoms with Gasteiger partial charge in [-0.2, -0.15) is 0 Å². The Kier molecular flexibility index (Phi) is 48.0. The van der Waals surface area contributed by atoms with Gasteiger partial charge in [-0.1, -0.05) is 214 Å². The van der Waals surface area contributed by atoms with E-state index in [0.29, 0.717) is 19.3 Å². The number of carbonyl (C=O) groups is 3. The molecule has 0 aliphatic rings. The zero-order valence-electron chi connectivity index (χ0n) is 40.8. The van der Waals surface area contributed by atoms with Crippen molar-refractivity contribution in [2.24, 2.45) is 0 Å². The molecule has 0 aromatic carbocycles. The van der Waals surface area contributed by atoms with Gasteiger partial charge in [-0.05, 0) is 89.9 Å². The molecule has 0 spiro atoms. The first kappa shape index (κ1) is 59.3. The maximum absolute atomic E-state index is 12.8. The topological polar surface area (TPSA) is 78.9 Å². The number of hydrogen-bond acceptors (Lipinski definition) is 6. The maximum atomic E-state index is 12.8. The molecule has 0 saturated heterocycles. The molecule has 6 heteroatoms. The summed E-state index contributed by atoms with van der Waals surface area (Å²) in [5.74, 6) is -0.984. The molecule has 6 nitrogen and oxygen atoms in total. The van der Waals surface area contributed by atoms with E-state index in [1.165, 1.54) is 64.2 Å². The summed E-state index contributed by atoms with van der Waals surface area (Å²) in [4.78, 5) is 38.0. The first-order valence-electron chi connectivity index (χ1n) is 25.7. The lowest BCUT2D eigenvalue weighted by atomic mass is 10.0. The van der Waals surface area contributed by atoms with Crippen LogP contribution < -0.4 is 0 Å². The number of unbranched alkanes of at least 4 members (excludes halogenated alkanes) is 18. The van der Waals surface area contributed by atoms with Crippen LogP contribution in [-0.2, 0) is 28.6 Å². The molecule has 0 heterocycles. The summed E-state index contributed by atoms with van der Waals surface area (Å²) in [7, 11) is 0. The highest BCUT2D eigenvalue weighted by atomic mass is 16.6. The van der Waals surface area contributed by atoms with Gasteiger partial charge in [-0.15, -0.1) is 0 Å². The summed E-state index contributed by atoms with van der Waals surface area (Å²) in [6.45, 7) is 6.34. The smallest absolute Gasteiger partial charge is 0.306 e. The van der Waals surface area contributed by atoms with Crippen LogP contribution >= 0.6 is 0 Å². The lowest BCUT2D eigenvalue weighted by Gasteiger charge is -2.18. The Morgan fingerprint density at radius 1 is 0.333 bits per heavy atom. The second kappa shape index (κ2) is 51.0. The van der Waals surface area contributed by atoms with Gasteiger partial charge in [0.2, 0.25) is 0 Å². The Balaban J connectivity index is 4.52. The van der Waals surface area contributed by atoms with Gasteiger partial charge in [0, 0.05) is 19.3 Å². The largest absolute Gasteiger partial charge is 0.462 e. The Hall–Kier alpha value is -3.67. The van der Waals surface area contributed by atoms with E-state index in [0.717, 1.165) is 116 Å². The number of allylic oxidation sites excluding steroid dienone is 16. The SMILES string of the molecule is CC/C=C\C/C=C\C/C=C\C/C=C\C/C=C\CCCC(=O)O[C@H](COC(=O)CCCCCCC/C=C\C/C=C\C/C=C\CC)COC(=O)CCCCCCCCCCCCCCC. The Bertz CT molecular complexity index is 1280.